The number of benzene rings is 1. The van der Waals surface area contributed by atoms with Crippen molar-refractivity contribution in [1.29, 1.82) is 0 Å². The first-order valence-corrected chi connectivity index (χ1v) is 7.95. The lowest BCUT2D eigenvalue weighted by Crippen LogP contribution is -3.09. The zero-order valence-electron chi connectivity index (χ0n) is 13.6. The van der Waals surface area contributed by atoms with Crippen LogP contribution in [0.4, 0.5) is 0 Å². The maximum absolute atomic E-state index is 12.3. The van der Waals surface area contributed by atoms with E-state index in [2.05, 4.69) is 0 Å². The van der Waals surface area contributed by atoms with E-state index in [1.807, 2.05) is 11.9 Å². The van der Waals surface area contributed by atoms with Crippen LogP contribution in [0, 0.1) is 0 Å². The average molecular weight is 333 g/mol. The molecule has 1 atom stereocenters. The molecule has 1 aromatic heterocycles. The van der Waals surface area contributed by atoms with Gasteiger partial charge >= 0.3 is 5.63 Å². The molecule has 1 aliphatic heterocycles. The molecule has 7 heteroatoms. The first-order valence-electron chi connectivity index (χ1n) is 7.95. The average Bonchev–Trinajstić information content (AvgIpc) is 2.54. The van der Waals surface area contributed by atoms with Gasteiger partial charge < -0.3 is 24.1 Å². The van der Waals surface area contributed by atoms with Crippen molar-refractivity contribution < 1.29 is 24.0 Å². The number of hydrogen-bond acceptors (Lipinski definition) is 5. The number of fused-ring (bicyclic) bond motifs is 1. The van der Waals surface area contributed by atoms with Gasteiger partial charge in [0.25, 0.3) is 5.91 Å². The molecule has 2 N–H and O–H groups in total. The van der Waals surface area contributed by atoms with Gasteiger partial charge in [-0.1, -0.05) is 0 Å². The van der Waals surface area contributed by atoms with Crippen LogP contribution in [0.15, 0.2) is 33.5 Å². The number of rotatable bonds is 4. The second-order valence-corrected chi connectivity index (χ2v) is 6.07. The molecule has 0 radical (unpaired) electrons. The molecule has 1 amide bonds. The van der Waals surface area contributed by atoms with E-state index >= 15 is 0 Å². The topological polar surface area (TPSA) is 84.4 Å². The number of carbonyl (C=O) groups is 1. The number of carbonyl (C=O) groups excluding carboxylic acids is 1. The lowest BCUT2D eigenvalue weighted by Gasteiger charge is -2.27. The van der Waals surface area contributed by atoms with E-state index < -0.39 is 5.63 Å². The third kappa shape index (κ3) is 3.74. The van der Waals surface area contributed by atoms with E-state index in [-0.39, 0.29) is 11.7 Å². The van der Waals surface area contributed by atoms with Crippen molar-refractivity contribution in [3.8, 4) is 5.75 Å². The molecule has 0 aliphatic carbocycles. The van der Waals surface area contributed by atoms with Crippen LogP contribution in [0.1, 0.15) is 5.56 Å². The summed E-state index contributed by atoms with van der Waals surface area (Å²) in [6, 6.07) is 6.15. The Kier molecular flexibility index (Phi) is 4.82. The number of hydrogen-bond donors (Lipinski definition) is 2. The molecular formula is C17H21N2O5+. The molecule has 1 saturated heterocycles. The van der Waals surface area contributed by atoms with Crippen LogP contribution in [0.3, 0.4) is 0 Å². The van der Waals surface area contributed by atoms with Crippen molar-refractivity contribution in [3.63, 3.8) is 0 Å². The Morgan fingerprint density at radius 3 is 2.79 bits per heavy atom. The van der Waals surface area contributed by atoms with E-state index in [0.717, 1.165) is 15.8 Å². The number of likely N-dealkylation sites (N-methyl/N-ethyl adjacent to an activating group) is 1. The Hall–Kier alpha value is -2.38. The Morgan fingerprint density at radius 2 is 2.04 bits per heavy atom. The largest absolute Gasteiger partial charge is 0.508 e. The number of ether oxygens (including phenoxy) is 1. The molecule has 1 unspecified atom stereocenters. The Morgan fingerprint density at radius 1 is 1.29 bits per heavy atom. The van der Waals surface area contributed by atoms with Crippen molar-refractivity contribution in [1.82, 2.24) is 4.90 Å². The smallest absolute Gasteiger partial charge is 0.336 e. The van der Waals surface area contributed by atoms with Crippen LogP contribution in [0.5, 0.6) is 5.75 Å². The van der Waals surface area contributed by atoms with Gasteiger partial charge in [0, 0.05) is 36.2 Å². The second kappa shape index (κ2) is 7.02. The predicted molar refractivity (Wildman–Crippen MR) is 87.0 cm³/mol. The summed E-state index contributed by atoms with van der Waals surface area (Å²) in [6.07, 6.45) is 0. The molecule has 3 rings (SSSR count). The van der Waals surface area contributed by atoms with E-state index in [1.165, 1.54) is 12.1 Å². The molecular weight excluding hydrogens is 312 g/mol. The van der Waals surface area contributed by atoms with Crippen LogP contribution in [0.2, 0.25) is 0 Å². The maximum atomic E-state index is 12.3. The van der Waals surface area contributed by atoms with Crippen molar-refractivity contribution in [2.45, 2.75) is 6.54 Å². The third-order valence-electron chi connectivity index (χ3n) is 4.12. The molecule has 1 aromatic carbocycles. The summed E-state index contributed by atoms with van der Waals surface area (Å²) >= 11 is 0. The molecule has 128 valence electrons. The summed E-state index contributed by atoms with van der Waals surface area (Å²) in [6.45, 7) is 3.28. The monoisotopic (exact) mass is 333 g/mol. The highest BCUT2D eigenvalue weighted by Gasteiger charge is 2.21. The van der Waals surface area contributed by atoms with Gasteiger partial charge in [-0.05, 0) is 12.1 Å². The predicted octanol–water partition coefficient (Wildman–Crippen LogP) is -0.628. The van der Waals surface area contributed by atoms with Crippen LogP contribution in [-0.2, 0) is 16.1 Å². The molecule has 7 nitrogen and oxygen atoms in total. The number of aromatic hydroxyl groups is 1. The number of nitrogens with one attached hydrogen (secondary N) is 1. The summed E-state index contributed by atoms with van der Waals surface area (Å²) in [5.41, 5.74) is 0.689. The van der Waals surface area contributed by atoms with Crippen LogP contribution >= 0.6 is 0 Å². The molecule has 2 aromatic rings. The molecule has 1 fully saturated rings. The zero-order valence-corrected chi connectivity index (χ0v) is 13.6. The fraction of sp³-hybridized carbons (Fsp3) is 0.412. The summed E-state index contributed by atoms with van der Waals surface area (Å²) in [5, 5.41) is 10.3. The Labute approximate surface area is 139 Å². The van der Waals surface area contributed by atoms with Crippen LogP contribution in [0.25, 0.3) is 11.0 Å². The first-order chi connectivity index (χ1) is 11.5. The standard InChI is InChI=1S/C17H20N2O5/c1-18(11-16(21)19-4-6-23-7-5-19)10-12-8-17(22)24-15-9-13(20)2-3-14(12)15/h2-3,8-9,20H,4-7,10-11H2,1H3/p+1. The number of phenolic OH excluding ortho intramolecular Hbond substituents is 1. The number of morpholine rings is 1. The molecule has 0 spiro atoms. The number of nitrogens with zero attached hydrogens (tertiary/aromatic N) is 1. The maximum Gasteiger partial charge on any atom is 0.336 e. The fourth-order valence-electron chi connectivity index (χ4n) is 2.94. The number of phenols is 1. The molecule has 2 heterocycles. The quantitative estimate of drug-likeness (QED) is 0.728. The van der Waals surface area contributed by atoms with Crippen molar-refractivity contribution in [3.05, 3.63) is 40.2 Å². The van der Waals surface area contributed by atoms with E-state index in [0.29, 0.717) is 45.0 Å². The summed E-state index contributed by atoms with van der Waals surface area (Å²) in [5.74, 6) is 0.131. The van der Waals surface area contributed by atoms with E-state index in [9.17, 15) is 14.7 Å². The highest BCUT2D eigenvalue weighted by atomic mass is 16.5. The molecule has 0 saturated carbocycles. The SMILES string of the molecule is C[NH+](CC(=O)N1CCOCC1)Cc1cc(=O)oc2cc(O)ccc12. The van der Waals surface area contributed by atoms with Gasteiger partial charge in [0.05, 0.1) is 20.3 Å². The second-order valence-electron chi connectivity index (χ2n) is 6.07. The summed E-state index contributed by atoms with van der Waals surface area (Å²) in [4.78, 5) is 26.8. The van der Waals surface area contributed by atoms with Crippen LogP contribution in [-0.4, -0.2) is 55.8 Å². The van der Waals surface area contributed by atoms with Gasteiger partial charge in [-0.15, -0.1) is 0 Å². The number of amides is 1. The highest BCUT2D eigenvalue weighted by molar-refractivity contribution is 5.81. The normalized spacial score (nSPS) is 16.3. The van der Waals surface area contributed by atoms with E-state index in [4.69, 9.17) is 9.15 Å². The fourth-order valence-corrected chi connectivity index (χ4v) is 2.94. The number of quaternary nitrogens is 1. The van der Waals surface area contributed by atoms with Crippen molar-refractivity contribution in [2.75, 3.05) is 39.9 Å². The summed E-state index contributed by atoms with van der Waals surface area (Å²) < 4.78 is 10.4. The Balaban J connectivity index is 1.74. The highest BCUT2D eigenvalue weighted by Crippen LogP contribution is 2.21. The molecule has 0 bridgehead atoms. The third-order valence-corrected chi connectivity index (χ3v) is 4.12. The van der Waals surface area contributed by atoms with Crippen LogP contribution < -0.4 is 10.5 Å². The van der Waals surface area contributed by atoms with E-state index in [1.54, 1.807) is 12.1 Å². The molecule has 24 heavy (non-hydrogen) atoms. The van der Waals surface area contributed by atoms with Gasteiger partial charge in [-0.3, -0.25) is 4.79 Å². The summed E-state index contributed by atoms with van der Waals surface area (Å²) in [7, 11) is 1.92. The minimum Gasteiger partial charge on any atom is -0.508 e. The Bertz CT molecular complexity index is 795. The first kappa shape index (κ1) is 16.5. The van der Waals surface area contributed by atoms with Gasteiger partial charge in [0.1, 0.15) is 17.9 Å². The lowest BCUT2D eigenvalue weighted by atomic mass is 10.1. The molecule has 1 aliphatic rings. The van der Waals surface area contributed by atoms with Crippen molar-refractivity contribution in [2.24, 2.45) is 0 Å². The van der Waals surface area contributed by atoms with Gasteiger partial charge in [-0.25, -0.2) is 4.79 Å². The minimum absolute atomic E-state index is 0.0472. The van der Waals surface area contributed by atoms with Gasteiger partial charge in [0.2, 0.25) is 0 Å². The van der Waals surface area contributed by atoms with Gasteiger partial charge in [-0.2, -0.15) is 0 Å². The minimum atomic E-state index is -0.463. The lowest BCUT2D eigenvalue weighted by molar-refractivity contribution is -0.885. The zero-order chi connectivity index (χ0) is 17.1. The van der Waals surface area contributed by atoms with Gasteiger partial charge in [0.15, 0.2) is 6.54 Å². The van der Waals surface area contributed by atoms with Crippen molar-refractivity contribution >= 4 is 16.9 Å².